The van der Waals surface area contributed by atoms with Gasteiger partial charge in [0, 0.05) is 14.9 Å². The molecule has 0 bridgehead atoms. The maximum Gasteiger partial charge on any atom is 0.0661 e. The Balaban J connectivity index is 2.17. The molecule has 1 aromatic carbocycles. The summed E-state index contributed by atoms with van der Waals surface area (Å²) < 4.78 is 1.10. The van der Waals surface area contributed by atoms with Gasteiger partial charge in [-0.1, -0.05) is 0 Å². The molecule has 0 saturated heterocycles. The zero-order chi connectivity index (χ0) is 10.2. The fourth-order valence-electron chi connectivity index (χ4n) is 1.39. The molecule has 0 spiro atoms. The smallest absolute Gasteiger partial charge is 0.0661 e. The van der Waals surface area contributed by atoms with Gasteiger partial charge in [-0.25, -0.2) is 0 Å². The van der Waals surface area contributed by atoms with Crippen molar-refractivity contribution in [1.82, 2.24) is 0 Å². The van der Waals surface area contributed by atoms with Gasteiger partial charge in [-0.15, -0.1) is 0 Å². The van der Waals surface area contributed by atoms with E-state index in [1.807, 2.05) is 18.2 Å². The Morgan fingerprint density at radius 1 is 1.50 bits per heavy atom. The Labute approximate surface area is 96.8 Å². The summed E-state index contributed by atoms with van der Waals surface area (Å²) in [5, 5.41) is 12.5. The van der Waals surface area contributed by atoms with Gasteiger partial charge in [0.15, 0.2) is 0 Å². The van der Waals surface area contributed by atoms with Gasteiger partial charge in [0.1, 0.15) is 0 Å². The first-order chi connectivity index (χ1) is 6.65. The number of aliphatic hydroxyl groups excluding tert-OH is 1. The quantitative estimate of drug-likeness (QED) is 0.590. The fraction of sp³-hybridized carbons (Fsp3) is 0.400. The van der Waals surface area contributed by atoms with Crippen LogP contribution in [0, 0.1) is 3.57 Å². The summed E-state index contributed by atoms with van der Waals surface area (Å²) in [4.78, 5) is 0. The van der Waals surface area contributed by atoms with E-state index >= 15 is 0 Å². The van der Waals surface area contributed by atoms with Gasteiger partial charge in [0.05, 0.1) is 12.1 Å². The van der Waals surface area contributed by atoms with Gasteiger partial charge in [-0.2, -0.15) is 0 Å². The Morgan fingerprint density at radius 2 is 2.21 bits per heavy atom. The van der Waals surface area contributed by atoms with E-state index in [-0.39, 0.29) is 12.1 Å². The van der Waals surface area contributed by atoms with Crippen molar-refractivity contribution in [2.75, 3.05) is 17.7 Å². The minimum Gasteiger partial charge on any atom is -0.399 e. The third kappa shape index (κ3) is 1.95. The first kappa shape index (κ1) is 10.0. The van der Waals surface area contributed by atoms with Crippen LogP contribution in [0.15, 0.2) is 18.2 Å². The zero-order valence-electron chi connectivity index (χ0n) is 7.76. The molecule has 2 rings (SSSR count). The Hall–Kier alpha value is -0.490. The van der Waals surface area contributed by atoms with E-state index in [4.69, 9.17) is 5.73 Å². The number of rotatable bonds is 3. The molecule has 1 aliphatic carbocycles. The molecule has 1 aliphatic rings. The molecular formula is C10H13IN2O. The number of hydrogen-bond donors (Lipinski definition) is 3. The van der Waals surface area contributed by atoms with Gasteiger partial charge in [-0.05, 0) is 53.6 Å². The monoisotopic (exact) mass is 304 g/mol. The number of benzene rings is 1. The minimum atomic E-state index is -0.0595. The lowest BCUT2D eigenvalue weighted by Gasteiger charge is -2.17. The number of halogens is 1. The van der Waals surface area contributed by atoms with E-state index in [9.17, 15) is 5.11 Å². The molecule has 3 nitrogen and oxygen atoms in total. The van der Waals surface area contributed by atoms with Crippen molar-refractivity contribution in [2.45, 2.75) is 18.4 Å². The lowest BCUT2D eigenvalue weighted by atomic mass is 10.2. The third-order valence-corrected chi connectivity index (χ3v) is 3.44. The van der Waals surface area contributed by atoms with Crippen molar-refractivity contribution in [3.8, 4) is 0 Å². The zero-order valence-corrected chi connectivity index (χ0v) is 9.91. The molecule has 0 amide bonds. The lowest BCUT2D eigenvalue weighted by molar-refractivity contribution is 0.266. The van der Waals surface area contributed by atoms with Crippen LogP contribution >= 0.6 is 22.6 Å². The molecule has 1 saturated carbocycles. The van der Waals surface area contributed by atoms with Crippen molar-refractivity contribution >= 4 is 34.0 Å². The molecule has 0 aromatic heterocycles. The highest BCUT2D eigenvalue weighted by atomic mass is 127. The molecule has 4 heteroatoms. The second-order valence-electron chi connectivity index (χ2n) is 3.80. The summed E-state index contributed by atoms with van der Waals surface area (Å²) in [6.45, 7) is 0.202. The maximum absolute atomic E-state index is 9.17. The molecule has 4 N–H and O–H groups in total. The number of aliphatic hydroxyl groups is 1. The molecule has 0 heterocycles. The highest BCUT2D eigenvalue weighted by molar-refractivity contribution is 14.1. The van der Waals surface area contributed by atoms with Gasteiger partial charge >= 0.3 is 0 Å². The van der Waals surface area contributed by atoms with Crippen LogP contribution in [0.2, 0.25) is 0 Å². The summed E-state index contributed by atoms with van der Waals surface area (Å²) in [6, 6.07) is 5.77. The van der Waals surface area contributed by atoms with E-state index in [0.29, 0.717) is 0 Å². The molecule has 0 radical (unpaired) electrons. The van der Waals surface area contributed by atoms with Crippen molar-refractivity contribution in [2.24, 2.45) is 0 Å². The van der Waals surface area contributed by atoms with E-state index in [1.165, 1.54) is 0 Å². The van der Waals surface area contributed by atoms with Gasteiger partial charge in [0.25, 0.3) is 0 Å². The number of anilines is 2. The van der Waals surface area contributed by atoms with Crippen molar-refractivity contribution in [3.05, 3.63) is 21.8 Å². The van der Waals surface area contributed by atoms with Crippen LogP contribution in [-0.2, 0) is 0 Å². The predicted octanol–water partition coefficient (Wildman–Crippen LogP) is 1.81. The van der Waals surface area contributed by atoms with Crippen LogP contribution in [0.4, 0.5) is 11.4 Å². The first-order valence-electron chi connectivity index (χ1n) is 4.59. The standard InChI is InChI=1S/C10H13IN2O/c11-8-5-7(12)1-2-9(8)13-10(6-14)3-4-10/h1-2,5,13-14H,3-4,6,12H2. The summed E-state index contributed by atoms with van der Waals surface area (Å²) >= 11 is 2.25. The van der Waals surface area contributed by atoms with Gasteiger partial charge < -0.3 is 16.2 Å². The second-order valence-corrected chi connectivity index (χ2v) is 4.96. The normalized spacial score (nSPS) is 17.9. The van der Waals surface area contributed by atoms with Gasteiger partial charge in [-0.3, -0.25) is 0 Å². The molecule has 0 aliphatic heterocycles. The molecule has 14 heavy (non-hydrogen) atoms. The van der Waals surface area contributed by atoms with Crippen LogP contribution in [0.1, 0.15) is 12.8 Å². The van der Waals surface area contributed by atoms with Crippen molar-refractivity contribution < 1.29 is 5.11 Å². The fourth-order valence-corrected chi connectivity index (χ4v) is 2.07. The van der Waals surface area contributed by atoms with E-state index in [0.717, 1.165) is 27.8 Å². The van der Waals surface area contributed by atoms with E-state index < -0.39 is 0 Å². The van der Waals surface area contributed by atoms with Crippen LogP contribution in [-0.4, -0.2) is 17.3 Å². The third-order valence-electron chi connectivity index (χ3n) is 2.55. The molecular weight excluding hydrogens is 291 g/mol. The average molecular weight is 304 g/mol. The van der Waals surface area contributed by atoms with Crippen LogP contribution in [0.25, 0.3) is 0 Å². The Kier molecular flexibility index (Phi) is 2.57. The number of nitrogens with one attached hydrogen (secondary N) is 1. The first-order valence-corrected chi connectivity index (χ1v) is 5.67. The number of hydrogen-bond acceptors (Lipinski definition) is 3. The summed E-state index contributed by atoms with van der Waals surface area (Å²) in [5.41, 5.74) is 7.43. The number of nitrogen functional groups attached to an aromatic ring is 1. The van der Waals surface area contributed by atoms with Crippen molar-refractivity contribution in [3.63, 3.8) is 0 Å². The second kappa shape index (κ2) is 3.58. The van der Waals surface area contributed by atoms with Crippen LogP contribution in [0.5, 0.6) is 0 Å². The van der Waals surface area contributed by atoms with Crippen LogP contribution in [0.3, 0.4) is 0 Å². The molecule has 0 atom stereocenters. The Morgan fingerprint density at radius 3 is 2.71 bits per heavy atom. The van der Waals surface area contributed by atoms with E-state index in [2.05, 4.69) is 27.9 Å². The van der Waals surface area contributed by atoms with Crippen molar-refractivity contribution in [1.29, 1.82) is 0 Å². The SMILES string of the molecule is Nc1ccc(NC2(CO)CC2)c(I)c1. The maximum atomic E-state index is 9.17. The summed E-state index contributed by atoms with van der Waals surface area (Å²) in [5.74, 6) is 0. The predicted molar refractivity (Wildman–Crippen MR) is 66.2 cm³/mol. The molecule has 1 fully saturated rings. The topological polar surface area (TPSA) is 58.3 Å². The van der Waals surface area contributed by atoms with Gasteiger partial charge in [0.2, 0.25) is 0 Å². The highest BCUT2D eigenvalue weighted by Crippen LogP contribution is 2.39. The molecule has 76 valence electrons. The summed E-state index contributed by atoms with van der Waals surface area (Å²) in [7, 11) is 0. The van der Waals surface area contributed by atoms with E-state index in [1.54, 1.807) is 0 Å². The largest absolute Gasteiger partial charge is 0.399 e. The molecule has 1 aromatic rings. The number of nitrogens with two attached hydrogens (primary N) is 1. The average Bonchev–Trinajstić information content (AvgIpc) is 2.91. The Bertz CT molecular complexity index is 350. The highest BCUT2D eigenvalue weighted by Gasteiger charge is 2.42. The minimum absolute atomic E-state index is 0.0595. The molecule has 0 unspecified atom stereocenters. The summed E-state index contributed by atoms with van der Waals surface area (Å²) in [6.07, 6.45) is 2.09. The van der Waals surface area contributed by atoms with Crippen LogP contribution < -0.4 is 11.1 Å². The lowest BCUT2D eigenvalue weighted by Crippen LogP contribution is -2.25.